The number of nitrogens with zero attached hydrogens (tertiary/aromatic N) is 4. The molecule has 128 valence electrons. The van der Waals surface area contributed by atoms with E-state index in [1.54, 1.807) is 26.8 Å². The molecule has 0 bridgehead atoms. The number of amides is 1. The minimum atomic E-state index is -3.69. The van der Waals surface area contributed by atoms with Crippen LogP contribution in [0.2, 0.25) is 0 Å². The van der Waals surface area contributed by atoms with Gasteiger partial charge in [-0.1, -0.05) is 19.9 Å². The van der Waals surface area contributed by atoms with Crippen molar-refractivity contribution >= 4 is 15.9 Å². The van der Waals surface area contributed by atoms with Gasteiger partial charge in [-0.15, -0.1) is 0 Å². The van der Waals surface area contributed by atoms with Crippen LogP contribution >= 0.6 is 0 Å². The third kappa shape index (κ3) is 4.10. The van der Waals surface area contributed by atoms with Gasteiger partial charge in [-0.05, 0) is 24.6 Å². The smallest absolute Gasteiger partial charge is 0.255 e. The highest BCUT2D eigenvalue weighted by Crippen LogP contribution is 2.20. The van der Waals surface area contributed by atoms with Crippen LogP contribution in [0.25, 0.3) is 0 Å². The van der Waals surface area contributed by atoms with Gasteiger partial charge in [0.25, 0.3) is 5.91 Å². The molecule has 1 aromatic rings. The van der Waals surface area contributed by atoms with E-state index in [0.717, 1.165) is 4.90 Å². The molecule has 0 aliphatic heterocycles. The molecule has 0 saturated heterocycles. The SMILES string of the molecule is CCN(CC)S(=O)(=O)c1ccc(C)c(C(=O)N(CC#N)CC#N)c1. The first kappa shape index (κ1) is 19.6. The van der Waals surface area contributed by atoms with E-state index < -0.39 is 15.9 Å². The number of hydrogen-bond acceptors (Lipinski definition) is 5. The number of benzene rings is 1. The predicted octanol–water partition coefficient (Wildman–Crippen LogP) is 1.51. The van der Waals surface area contributed by atoms with Crippen LogP contribution < -0.4 is 0 Å². The first-order valence-electron chi connectivity index (χ1n) is 7.47. The molecule has 24 heavy (non-hydrogen) atoms. The second-order valence-electron chi connectivity index (χ2n) is 5.04. The summed E-state index contributed by atoms with van der Waals surface area (Å²) in [5.74, 6) is -0.535. The van der Waals surface area contributed by atoms with Crippen LogP contribution in [0.1, 0.15) is 29.8 Å². The summed E-state index contributed by atoms with van der Waals surface area (Å²) in [4.78, 5) is 13.7. The minimum Gasteiger partial charge on any atom is -0.312 e. The van der Waals surface area contributed by atoms with E-state index in [9.17, 15) is 13.2 Å². The highest BCUT2D eigenvalue weighted by Gasteiger charge is 2.25. The number of nitriles is 2. The third-order valence-corrected chi connectivity index (χ3v) is 5.64. The van der Waals surface area contributed by atoms with Crippen molar-refractivity contribution in [2.75, 3.05) is 26.2 Å². The summed E-state index contributed by atoms with van der Waals surface area (Å²) < 4.78 is 26.5. The van der Waals surface area contributed by atoms with Crippen LogP contribution in [0, 0.1) is 29.6 Å². The van der Waals surface area contributed by atoms with Gasteiger partial charge >= 0.3 is 0 Å². The number of rotatable bonds is 7. The Bertz CT molecular complexity index is 771. The summed E-state index contributed by atoms with van der Waals surface area (Å²) in [7, 11) is -3.69. The summed E-state index contributed by atoms with van der Waals surface area (Å²) in [6.07, 6.45) is 0. The highest BCUT2D eigenvalue weighted by molar-refractivity contribution is 7.89. The molecule has 1 rings (SSSR count). The zero-order valence-corrected chi connectivity index (χ0v) is 14.8. The second-order valence-corrected chi connectivity index (χ2v) is 6.98. The Morgan fingerprint density at radius 2 is 1.67 bits per heavy atom. The van der Waals surface area contributed by atoms with Gasteiger partial charge in [0.15, 0.2) is 0 Å². The Hall–Kier alpha value is -2.42. The topological polar surface area (TPSA) is 105 Å². The molecule has 8 heteroatoms. The standard InChI is InChI=1S/C16H20N4O3S/c1-4-20(5-2)24(22,23)14-7-6-13(3)15(12-14)16(21)19(10-8-17)11-9-18/h6-7,12H,4-5,10-11H2,1-3H3. The quantitative estimate of drug-likeness (QED) is 0.695. The summed E-state index contributed by atoms with van der Waals surface area (Å²) in [6.45, 7) is 5.33. The Labute approximate surface area is 142 Å². The first-order chi connectivity index (χ1) is 11.3. The van der Waals surface area contributed by atoms with Gasteiger partial charge in [-0.25, -0.2) is 8.42 Å². The van der Waals surface area contributed by atoms with Crippen LogP contribution in [0.15, 0.2) is 23.1 Å². The van der Waals surface area contributed by atoms with E-state index in [4.69, 9.17) is 10.5 Å². The number of hydrogen-bond donors (Lipinski definition) is 0. The van der Waals surface area contributed by atoms with Crippen molar-refractivity contribution in [2.24, 2.45) is 0 Å². The molecule has 0 heterocycles. The fourth-order valence-electron chi connectivity index (χ4n) is 2.25. The predicted molar refractivity (Wildman–Crippen MR) is 88.4 cm³/mol. The maximum absolute atomic E-state index is 12.6. The molecule has 0 aromatic heterocycles. The lowest BCUT2D eigenvalue weighted by Crippen LogP contribution is -2.33. The van der Waals surface area contributed by atoms with E-state index in [0.29, 0.717) is 18.7 Å². The van der Waals surface area contributed by atoms with Gasteiger partial charge in [-0.2, -0.15) is 14.8 Å². The summed E-state index contributed by atoms with van der Waals surface area (Å²) >= 11 is 0. The maximum Gasteiger partial charge on any atom is 0.255 e. The molecule has 7 nitrogen and oxygen atoms in total. The zero-order chi connectivity index (χ0) is 18.3. The molecule has 0 unspecified atom stereocenters. The van der Waals surface area contributed by atoms with E-state index >= 15 is 0 Å². The average Bonchev–Trinajstić information content (AvgIpc) is 2.55. The number of carbonyl (C=O) groups is 1. The number of aryl methyl sites for hydroxylation is 1. The summed E-state index contributed by atoms with van der Waals surface area (Å²) in [6, 6.07) is 7.99. The Balaban J connectivity index is 3.36. The molecule has 0 N–H and O–H groups in total. The molecule has 0 fully saturated rings. The van der Waals surface area contributed by atoms with Crippen LogP contribution in [-0.4, -0.2) is 49.7 Å². The van der Waals surface area contributed by atoms with Crippen molar-refractivity contribution in [1.82, 2.24) is 9.21 Å². The Morgan fingerprint density at radius 1 is 1.12 bits per heavy atom. The van der Waals surface area contributed by atoms with Crippen molar-refractivity contribution in [2.45, 2.75) is 25.7 Å². The summed E-state index contributed by atoms with van der Waals surface area (Å²) in [5.41, 5.74) is 0.758. The van der Waals surface area contributed by atoms with Crippen molar-refractivity contribution in [3.05, 3.63) is 29.3 Å². The number of carbonyl (C=O) groups excluding carboxylic acids is 1. The molecular weight excluding hydrogens is 328 g/mol. The lowest BCUT2D eigenvalue weighted by Gasteiger charge is -2.21. The van der Waals surface area contributed by atoms with E-state index in [2.05, 4.69) is 0 Å². The molecule has 1 amide bonds. The van der Waals surface area contributed by atoms with Gasteiger partial charge in [0.2, 0.25) is 10.0 Å². The molecule has 0 aliphatic rings. The Morgan fingerprint density at radius 3 is 2.12 bits per heavy atom. The lowest BCUT2D eigenvalue weighted by atomic mass is 10.1. The van der Waals surface area contributed by atoms with Gasteiger partial charge < -0.3 is 4.90 Å². The molecule has 0 atom stereocenters. The van der Waals surface area contributed by atoms with Crippen LogP contribution in [0.5, 0.6) is 0 Å². The second kappa shape index (κ2) is 8.44. The van der Waals surface area contributed by atoms with E-state index in [-0.39, 0.29) is 23.5 Å². The van der Waals surface area contributed by atoms with Gasteiger partial charge in [0.05, 0.1) is 17.0 Å². The van der Waals surface area contributed by atoms with Crippen molar-refractivity contribution in [3.63, 3.8) is 0 Å². The van der Waals surface area contributed by atoms with Crippen LogP contribution in [0.4, 0.5) is 0 Å². The number of sulfonamides is 1. The monoisotopic (exact) mass is 348 g/mol. The highest BCUT2D eigenvalue weighted by atomic mass is 32.2. The summed E-state index contributed by atoms with van der Waals surface area (Å²) in [5, 5.41) is 17.6. The largest absolute Gasteiger partial charge is 0.312 e. The normalized spacial score (nSPS) is 10.9. The van der Waals surface area contributed by atoms with Gasteiger partial charge in [0.1, 0.15) is 13.1 Å². The van der Waals surface area contributed by atoms with Crippen LogP contribution in [-0.2, 0) is 10.0 Å². The molecule has 0 aliphatic carbocycles. The Kier molecular flexibility index (Phi) is 6.90. The molecule has 0 radical (unpaired) electrons. The minimum absolute atomic E-state index is 0.0222. The van der Waals surface area contributed by atoms with Crippen LogP contribution in [0.3, 0.4) is 0 Å². The van der Waals surface area contributed by atoms with Gasteiger partial charge in [0, 0.05) is 18.7 Å². The van der Waals surface area contributed by atoms with Crippen molar-refractivity contribution < 1.29 is 13.2 Å². The third-order valence-electron chi connectivity index (χ3n) is 3.59. The van der Waals surface area contributed by atoms with E-state index in [1.165, 1.54) is 16.4 Å². The van der Waals surface area contributed by atoms with E-state index in [1.807, 2.05) is 12.1 Å². The van der Waals surface area contributed by atoms with Crippen molar-refractivity contribution in [3.8, 4) is 12.1 Å². The fraction of sp³-hybridized carbons (Fsp3) is 0.438. The first-order valence-corrected chi connectivity index (χ1v) is 8.91. The zero-order valence-electron chi connectivity index (χ0n) is 14.0. The van der Waals surface area contributed by atoms with Crippen molar-refractivity contribution in [1.29, 1.82) is 10.5 Å². The lowest BCUT2D eigenvalue weighted by molar-refractivity contribution is 0.0793. The van der Waals surface area contributed by atoms with Gasteiger partial charge in [-0.3, -0.25) is 4.79 Å². The molecule has 0 saturated carbocycles. The molecular formula is C16H20N4O3S. The molecule has 1 aromatic carbocycles. The average molecular weight is 348 g/mol. The maximum atomic E-state index is 12.6. The fourth-order valence-corrected chi connectivity index (χ4v) is 3.73. The molecule has 0 spiro atoms.